The van der Waals surface area contributed by atoms with Gasteiger partial charge in [-0.1, -0.05) is 39.0 Å². The summed E-state index contributed by atoms with van der Waals surface area (Å²) in [6.07, 6.45) is 5.79. The molecule has 8 heteroatoms. The number of hydrogen-bond donors (Lipinski definition) is 2. The number of fused-ring (bicyclic) bond motifs is 1. The molecule has 0 radical (unpaired) electrons. The minimum Gasteiger partial charge on any atom is -0.461 e. The summed E-state index contributed by atoms with van der Waals surface area (Å²) in [6, 6.07) is 0. The molecule has 1 amide bonds. The molecule has 1 aliphatic heterocycles. The molecule has 176 valence electrons. The zero-order valence-corrected chi connectivity index (χ0v) is 18.9. The molecule has 1 saturated heterocycles. The number of aliphatic hydroxyl groups excluding tert-OH is 1. The maximum Gasteiger partial charge on any atom is 0.377 e. The molecule has 0 aromatic rings. The molecular formula is C24H33NO7. The Balaban J connectivity index is 1.80. The first kappa shape index (κ1) is 24.2. The topological polar surface area (TPSA) is 133 Å². The van der Waals surface area contributed by atoms with Crippen molar-refractivity contribution in [3.63, 3.8) is 0 Å². The Labute approximate surface area is 188 Å². The summed E-state index contributed by atoms with van der Waals surface area (Å²) in [4.78, 5) is 47.7. The molecule has 1 fully saturated rings. The van der Waals surface area contributed by atoms with E-state index < -0.39 is 41.9 Å². The number of nitrogens with two attached hydrogens (primary N) is 1. The van der Waals surface area contributed by atoms with Crippen LogP contribution in [-0.2, 0) is 28.7 Å². The van der Waals surface area contributed by atoms with Gasteiger partial charge >= 0.3 is 11.9 Å². The van der Waals surface area contributed by atoms with Gasteiger partial charge in [0, 0.05) is 18.8 Å². The number of aliphatic hydroxyl groups is 1. The summed E-state index contributed by atoms with van der Waals surface area (Å²) in [6.45, 7) is 5.82. The van der Waals surface area contributed by atoms with E-state index in [1.54, 1.807) is 0 Å². The van der Waals surface area contributed by atoms with Gasteiger partial charge in [-0.15, -0.1) is 0 Å². The number of ether oxygens (including phenoxy) is 2. The molecular weight excluding hydrogens is 414 g/mol. The van der Waals surface area contributed by atoms with E-state index in [9.17, 15) is 24.3 Å². The van der Waals surface area contributed by atoms with Gasteiger partial charge in [-0.05, 0) is 36.7 Å². The van der Waals surface area contributed by atoms with Crippen LogP contribution in [0.15, 0.2) is 23.8 Å². The molecule has 1 heterocycles. The largest absolute Gasteiger partial charge is 0.461 e. The Bertz CT molecular complexity index is 832. The molecule has 1 unspecified atom stereocenters. The van der Waals surface area contributed by atoms with E-state index in [0.29, 0.717) is 25.7 Å². The van der Waals surface area contributed by atoms with E-state index in [4.69, 9.17) is 15.2 Å². The van der Waals surface area contributed by atoms with E-state index >= 15 is 0 Å². The number of cyclic esters (lactones) is 1. The van der Waals surface area contributed by atoms with Gasteiger partial charge in [0.25, 0.3) is 5.78 Å². The van der Waals surface area contributed by atoms with Crippen LogP contribution >= 0.6 is 0 Å². The smallest absolute Gasteiger partial charge is 0.377 e. The first-order valence-corrected chi connectivity index (χ1v) is 11.4. The monoisotopic (exact) mass is 447 g/mol. The van der Waals surface area contributed by atoms with Crippen LogP contribution in [0.4, 0.5) is 0 Å². The molecule has 3 N–H and O–H groups in total. The SMILES string of the molecule is CC[C@H](C)C(=O)O[C@H]1C[C@H](C(N)=O)C=C2C=C[C@H](C)C(CC[C@@H]3C[C@@H](O)C(=O)C(=O)O3)[C@H]21. The molecule has 3 rings (SSSR count). The average Bonchev–Trinajstić information content (AvgIpc) is 2.75. The first-order valence-electron chi connectivity index (χ1n) is 11.4. The fourth-order valence-electron chi connectivity index (χ4n) is 4.94. The third kappa shape index (κ3) is 5.11. The van der Waals surface area contributed by atoms with Crippen LogP contribution in [0, 0.1) is 29.6 Å². The van der Waals surface area contributed by atoms with Gasteiger partial charge in [-0.25, -0.2) is 4.79 Å². The first-order chi connectivity index (χ1) is 15.1. The highest BCUT2D eigenvalue weighted by Crippen LogP contribution is 2.45. The van der Waals surface area contributed by atoms with E-state index in [-0.39, 0.29) is 36.1 Å². The molecule has 0 saturated carbocycles. The second kappa shape index (κ2) is 9.98. The van der Waals surface area contributed by atoms with Crippen LogP contribution in [0.25, 0.3) is 0 Å². The maximum atomic E-state index is 12.6. The Morgan fingerprint density at radius 2 is 2.00 bits per heavy atom. The van der Waals surface area contributed by atoms with E-state index in [0.717, 1.165) is 5.57 Å². The van der Waals surface area contributed by atoms with Crippen LogP contribution in [0.5, 0.6) is 0 Å². The van der Waals surface area contributed by atoms with Crippen LogP contribution in [0.2, 0.25) is 0 Å². The zero-order valence-electron chi connectivity index (χ0n) is 18.9. The van der Waals surface area contributed by atoms with E-state index in [1.807, 2.05) is 26.0 Å². The van der Waals surface area contributed by atoms with Crippen molar-refractivity contribution in [3.05, 3.63) is 23.8 Å². The summed E-state index contributed by atoms with van der Waals surface area (Å²) in [7, 11) is 0. The second-order valence-corrected chi connectivity index (χ2v) is 9.32. The van der Waals surface area contributed by atoms with Gasteiger partial charge < -0.3 is 20.3 Å². The third-order valence-electron chi connectivity index (χ3n) is 7.13. The maximum absolute atomic E-state index is 12.6. The van der Waals surface area contributed by atoms with Gasteiger partial charge in [0.15, 0.2) is 0 Å². The van der Waals surface area contributed by atoms with E-state index in [2.05, 4.69) is 13.0 Å². The van der Waals surface area contributed by atoms with Gasteiger partial charge in [0.1, 0.15) is 18.3 Å². The van der Waals surface area contributed by atoms with Crippen molar-refractivity contribution in [3.8, 4) is 0 Å². The fraction of sp³-hybridized carbons (Fsp3) is 0.667. The standard InChI is InChI=1S/C24H33NO7/c1-4-12(2)23(29)32-19-10-15(22(25)28)9-14-6-5-13(3)17(20(14)19)8-7-16-11-18(26)21(27)24(30)31-16/h5-6,9,12-13,15-20,26H,4,7-8,10-11H2,1-3H3,(H2,25,28)/t12-,13-,15+,16+,17?,18+,19-,20-/m0/s1. The van der Waals surface area contributed by atoms with Crippen LogP contribution < -0.4 is 5.73 Å². The highest BCUT2D eigenvalue weighted by molar-refractivity contribution is 6.35. The number of amides is 1. The van der Waals surface area contributed by atoms with Crippen molar-refractivity contribution in [2.75, 3.05) is 0 Å². The number of Topliss-reactive ketones (excluding diaryl/α,β-unsaturated/α-hetero) is 1. The Hall–Kier alpha value is -2.48. The molecule has 0 bridgehead atoms. The number of carbonyl (C=O) groups excluding carboxylic acids is 4. The van der Waals surface area contributed by atoms with Crippen molar-refractivity contribution >= 4 is 23.6 Å². The Morgan fingerprint density at radius 3 is 2.62 bits per heavy atom. The number of hydrogen-bond acceptors (Lipinski definition) is 7. The van der Waals surface area contributed by atoms with E-state index in [1.165, 1.54) is 0 Å². The summed E-state index contributed by atoms with van der Waals surface area (Å²) < 4.78 is 11.1. The van der Waals surface area contributed by atoms with Gasteiger partial charge in [0.05, 0.1) is 11.8 Å². The summed E-state index contributed by atoms with van der Waals surface area (Å²) in [5.74, 6) is -3.24. The fourth-order valence-corrected chi connectivity index (χ4v) is 4.94. The van der Waals surface area contributed by atoms with Gasteiger partial charge in [-0.3, -0.25) is 14.4 Å². The summed E-state index contributed by atoms with van der Waals surface area (Å²) >= 11 is 0. The molecule has 0 spiro atoms. The molecule has 8 atom stereocenters. The van der Waals surface area contributed by atoms with Crippen LogP contribution in [-0.4, -0.2) is 47.0 Å². The number of esters is 2. The highest BCUT2D eigenvalue weighted by atomic mass is 16.6. The van der Waals surface area contributed by atoms with Crippen molar-refractivity contribution in [1.29, 1.82) is 0 Å². The number of carbonyl (C=O) groups is 4. The molecule has 0 aromatic carbocycles. The molecule has 32 heavy (non-hydrogen) atoms. The molecule has 8 nitrogen and oxygen atoms in total. The lowest BCUT2D eigenvalue weighted by molar-refractivity contribution is -0.170. The summed E-state index contributed by atoms with van der Waals surface area (Å²) in [5, 5.41) is 9.82. The lowest BCUT2D eigenvalue weighted by Crippen LogP contribution is -2.45. The molecule has 3 aliphatic rings. The quantitative estimate of drug-likeness (QED) is 0.449. The van der Waals surface area contributed by atoms with Crippen LogP contribution in [0.3, 0.4) is 0 Å². The molecule has 2 aliphatic carbocycles. The van der Waals surface area contributed by atoms with Crippen molar-refractivity contribution in [2.24, 2.45) is 35.3 Å². The summed E-state index contributed by atoms with van der Waals surface area (Å²) in [5.41, 5.74) is 6.51. The van der Waals surface area contributed by atoms with Gasteiger partial charge in [0.2, 0.25) is 5.91 Å². The predicted molar refractivity (Wildman–Crippen MR) is 115 cm³/mol. The predicted octanol–water partition coefficient (Wildman–Crippen LogP) is 1.84. The lowest BCUT2D eigenvalue weighted by Gasteiger charge is -2.43. The number of ketones is 1. The second-order valence-electron chi connectivity index (χ2n) is 9.32. The zero-order chi connectivity index (χ0) is 23.6. The van der Waals surface area contributed by atoms with Crippen molar-refractivity contribution in [1.82, 2.24) is 0 Å². The molecule has 0 aromatic heterocycles. The highest BCUT2D eigenvalue weighted by Gasteiger charge is 2.44. The number of rotatable bonds is 7. The average molecular weight is 448 g/mol. The lowest BCUT2D eigenvalue weighted by atomic mass is 9.65. The third-order valence-corrected chi connectivity index (χ3v) is 7.13. The minimum absolute atomic E-state index is 0.0725. The normalized spacial score (nSPS) is 35.4. The van der Waals surface area contributed by atoms with Crippen LogP contribution in [0.1, 0.15) is 52.9 Å². The minimum atomic E-state index is -1.32. The number of allylic oxidation sites excluding steroid dienone is 2. The van der Waals surface area contributed by atoms with Crippen molar-refractivity contribution < 1.29 is 33.8 Å². The Kier molecular flexibility index (Phi) is 7.54. The van der Waals surface area contributed by atoms with Gasteiger partial charge in [-0.2, -0.15) is 0 Å². The van der Waals surface area contributed by atoms with Crippen molar-refractivity contribution in [2.45, 2.75) is 71.2 Å². The Morgan fingerprint density at radius 1 is 1.28 bits per heavy atom. The number of primary amides is 1.